The summed E-state index contributed by atoms with van der Waals surface area (Å²) in [7, 11) is 0. The summed E-state index contributed by atoms with van der Waals surface area (Å²) in [5.74, 6) is -2.26. The van der Waals surface area contributed by atoms with E-state index in [4.69, 9.17) is 4.42 Å². The Bertz CT molecular complexity index is 1260. The van der Waals surface area contributed by atoms with Crippen molar-refractivity contribution in [2.24, 2.45) is 0 Å². The summed E-state index contributed by atoms with van der Waals surface area (Å²) in [6.45, 7) is 3.46. The molecule has 0 fully saturated rings. The van der Waals surface area contributed by atoms with Gasteiger partial charge in [-0.15, -0.1) is 0 Å². The molecular weight excluding hydrogens is 366 g/mol. The molecule has 2 aromatic carbocycles. The average molecular weight is 382 g/mol. The Morgan fingerprint density at radius 1 is 1.00 bits per heavy atom. The van der Waals surface area contributed by atoms with Crippen LogP contribution in [-0.4, -0.2) is 10.2 Å². The number of halogens is 2. The molecule has 28 heavy (non-hydrogen) atoms. The summed E-state index contributed by atoms with van der Waals surface area (Å²) in [4.78, 5) is 11.8. The molecule has 4 rings (SSSR count). The molecule has 0 saturated carbocycles. The largest absolute Gasteiger partial charge is 0.505 e. The number of aliphatic hydroxyl groups excluding tert-OH is 1. The third-order valence-electron chi connectivity index (χ3n) is 4.84. The van der Waals surface area contributed by atoms with Crippen molar-refractivity contribution >= 4 is 11.0 Å². The van der Waals surface area contributed by atoms with Crippen molar-refractivity contribution in [2.75, 3.05) is 0 Å². The van der Waals surface area contributed by atoms with Crippen molar-refractivity contribution in [1.82, 2.24) is 0 Å². The van der Waals surface area contributed by atoms with Gasteiger partial charge in [0.2, 0.25) is 5.43 Å². The average Bonchev–Trinajstić information content (AvgIpc) is 2.63. The van der Waals surface area contributed by atoms with Crippen molar-refractivity contribution in [3.63, 3.8) is 0 Å². The summed E-state index contributed by atoms with van der Waals surface area (Å²) >= 11 is 0. The fraction of sp³-hybridized carbons (Fsp3) is 0.136. The smallest absolute Gasteiger partial charge is 0.217 e. The number of aryl methyl sites for hydroxylation is 1. The number of phenols is 1. The fourth-order valence-corrected chi connectivity index (χ4v) is 3.42. The molecule has 4 nitrogen and oxygen atoms in total. The van der Waals surface area contributed by atoms with Crippen molar-refractivity contribution in [3.8, 4) is 28.2 Å². The van der Waals surface area contributed by atoms with Gasteiger partial charge in [0.05, 0.1) is 6.10 Å². The lowest BCUT2D eigenvalue weighted by Crippen LogP contribution is -2.07. The van der Waals surface area contributed by atoms with E-state index in [0.717, 1.165) is 29.8 Å². The number of aromatic hydroxyl groups is 1. The van der Waals surface area contributed by atoms with E-state index in [2.05, 4.69) is 0 Å². The van der Waals surface area contributed by atoms with Crippen LogP contribution in [0.5, 0.6) is 5.75 Å². The second-order valence-electron chi connectivity index (χ2n) is 6.81. The molecule has 0 amide bonds. The van der Waals surface area contributed by atoms with E-state index in [1.165, 1.54) is 0 Å². The van der Waals surface area contributed by atoms with E-state index in [9.17, 15) is 23.8 Å². The standard InChI is InChI=1S/C22H16F2O4/c1-10-5-12(11(2)25)3-4-13(10)22-14-6-16(23)18(26)8-20(14)28-21-9-19(27)17(24)7-15(21)22/h3-9,11,25-26H,1-2H3. The maximum absolute atomic E-state index is 14.1. The van der Waals surface area contributed by atoms with Gasteiger partial charge in [0.1, 0.15) is 11.3 Å². The molecule has 1 unspecified atom stereocenters. The lowest BCUT2D eigenvalue weighted by Gasteiger charge is -2.18. The van der Waals surface area contributed by atoms with Crippen LogP contribution in [0.25, 0.3) is 33.4 Å². The van der Waals surface area contributed by atoms with Gasteiger partial charge in [-0.3, -0.25) is 4.79 Å². The minimum atomic E-state index is -0.944. The molecule has 1 aliphatic carbocycles. The van der Waals surface area contributed by atoms with Crippen LogP contribution < -0.4 is 5.43 Å². The summed E-state index contributed by atoms with van der Waals surface area (Å²) in [6, 6.07) is 9.62. The highest BCUT2D eigenvalue weighted by molar-refractivity contribution is 6.02. The Balaban J connectivity index is 2.17. The van der Waals surface area contributed by atoms with E-state index >= 15 is 0 Å². The highest BCUT2D eigenvalue weighted by Crippen LogP contribution is 2.42. The van der Waals surface area contributed by atoms with Gasteiger partial charge in [-0.05, 0) is 42.7 Å². The highest BCUT2D eigenvalue weighted by atomic mass is 19.1. The predicted octanol–water partition coefficient (Wildman–Crippen LogP) is 4.91. The minimum absolute atomic E-state index is 0.124. The van der Waals surface area contributed by atoms with Crippen molar-refractivity contribution < 1.29 is 23.4 Å². The van der Waals surface area contributed by atoms with E-state index in [0.29, 0.717) is 27.6 Å². The van der Waals surface area contributed by atoms with Crippen molar-refractivity contribution in [3.05, 3.63) is 75.4 Å². The number of aliphatic hydroxyl groups is 1. The molecule has 1 atom stereocenters. The summed E-state index contributed by atoms with van der Waals surface area (Å²) in [5.41, 5.74) is 2.25. The molecule has 0 spiro atoms. The van der Waals surface area contributed by atoms with Crippen LogP contribution in [0.4, 0.5) is 8.78 Å². The predicted molar refractivity (Wildman–Crippen MR) is 101 cm³/mol. The van der Waals surface area contributed by atoms with E-state index in [1.807, 2.05) is 6.92 Å². The molecule has 0 bridgehead atoms. The van der Waals surface area contributed by atoms with Crippen molar-refractivity contribution in [2.45, 2.75) is 20.0 Å². The first-order valence-electron chi connectivity index (χ1n) is 8.64. The number of hydrogen-bond donors (Lipinski definition) is 2. The zero-order valence-corrected chi connectivity index (χ0v) is 15.1. The number of rotatable bonds is 2. The fourth-order valence-electron chi connectivity index (χ4n) is 3.42. The molecule has 1 heterocycles. The van der Waals surface area contributed by atoms with Gasteiger partial charge in [-0.2, -0.15) is 0 Å². The maximum Gasteiger partial charge on any atom is 0.217 e. The Morgan fingerprint density at radius 2 is 1.75 bits per heavy atom. The van der Waals surface area contributed by atoms with E-state index in [-0.39, 0.29) is 11.3 Å². The molecule has 0 aromatic heterocycles. The molecule has 2 aromatic rings. The third kappa shape index (κ3) is 2.82. The zero-order valence-electron chi connectivity index (χ0n) is 15.1. The first kappa shape index (κ1) is 18.1. The lowest BCUT2D eigenvalue weighted by molar-refractivity contribution is 0.199. The second-order valence-corrected chi connectivity index (χ2v) is 6.81. The van der Waals surface area contributed by atoms with Gasteiger partial charge in [0, 0.05) is 28.6 Å². The van der Waals surface area contributed by atoms with Gasteiger partial charge >= 0.3 is 0 Å². The number of phenolic OH excluding ortho intramolecular Hbond substituents is 1. The van der Waals surface area contributed by atoms with E-state index < -0.39 is 28.9 Å². The minimum Gasteiger partial charge on any atom is -0.505 e. The third-order valence-corrected chi connectivity index (χ3v) is 4.84. The molecule has 6 heteroatoms. The summed E-state index contributed by atoms with van der Waals surface area (Å²) < 4.78 is 33.8. The van der Waals surface area contributed by atoms with Crippen LogP contribution in [0.1, 0.15) is 24.2 Å². The first-order chi connectivity index (χ1) is 13.3. The normalized spacial score (nSPS) is 12.6. The van der Waals surface area contributed by atoms with Crippen LogP contribution in [0.15, 0.2) is 51.7 Å². The number of benzene rings is 3. The molecular formula is C22H16F2O4. The van der Waals surface area contributed by atoms with Crippen LogP contribution in [-0.2, 0) is 0 Å². The topological polar surface area (TPSA) is 70.7 Å². The van der Waals surface area contributed by atoms with Crippen LogP contribution in [0, 0.1) is 18.6 Å². The van der Waals surface area contributed by atoms with Crippen molar-refractivity contribution in [1.29, 1.82) is 0 Å². The maximum atomic E-state index is 14.1. The van der Waals surface area contributed by atoms with E-state index in [1.54, 1.807) is 25.1 Å². The summed E-state index contributed by atoms with van der Waals surface area (Å²) in [6.07, 6.45) is -0.665. The Labute approximate surface area is 158 Å². The van der Waals surface area contributed by atoms with Gasteiger partial charge in [-0.25, -0.2) is 8.78 Å². The van der Waals surface area contributed by atoms with Gasteiger partial charge in [0.15, 0.2) is 17.4 Å². The molecule has 1 aliphatic heterocycles. The Morgan fingerprint density at radius 3 is 2.43 bits per heavy atom. The highest BCUT2D eigenvalue weighted by Gasteiger charge is 2.22. The molecule has 142 valence electrons. The van der Waals surface area contributed by atoms with Crippen LogP contribution in [0.3, 0.4) is 0 Å². The second kappa shape index (κ2) is 6.42. The first-order valence-corrected chi connectivity index (χ1v) is 8.64. The SMILES string of the molecule is Cc1cc(C(C)O)ccc1-c1c2cc(F)c(=O)cc-2oc2cc(O)c(F)cc12. The van der Waals surface area contributed by atoms with Gasteiger partial charge < -0.3 is 14.6 Å². The van der Waals surface area contributed by atoms with Gasteiger partial charge in [0.25, 0.3) is 0 Å². The Hall–Kier alpha value is -3.25. The van der Waals surface area contributed by atoms with Gasteiger partial charge in [-0.1, -0.05) is 18.2 Å². The summed E-state index contributed by atoms with van der Waals surface area (Å²) in [5, 5.41) is 19.9. The number of hydrogen-bond acceptors (Lipinski definition) is 4. The number of fused-ring (bicyclic) bond motifs is 2. The van der Waals surface area contributed by atoms with Crippen LogP contribution in [0.2, 0.25) is 0 Å². The molecule has 0 radical (unpaired) electrons. The Kier molecular flexibility index (Phi) is 4.16. The molecule has 2 N–H and O–H groups in total. The van der Waals surface area contributed by atoms with Crippen LogP contribution >= 0.6 is 0 Å². The molecule has 2 aliphatic rings. The zero-order chi connectivity index (χ0) is 20.2. The molecule has 0 saturated heterocycles. The lowest BCUT2D eigenvalue weighted by atomic mass is 9.90. The monoisotopic (exact) mass is 382 g/mol. The quantitative estimate of drug-likeness (QED) is 0.483.